The normalized spacial score (nSPS) is 19.2. The molecule has 2 aromatic rings. The lowest BCUT2D eigenvalue weighted by Gasteiger charge is -2.29. The van der Waals surface area contributed by atoms with Crippen molar-refractivity contribution in [1.29, 1.82) is 0 Å². The molecule has 3 nitrogen and oxygen atoms in total. The molecule has 1 atom stereocenters. The van der Waals surface area contributed by atoms with E-state index in [4.69, 9.17) is 4.98 Å². The SMILES string of the molecule is CCN(Cc1ccc2ccccc2n1)CC1CCCNC1. The van der Waals surface area contributed by atoms with E-state index in [9.17, 15) is 0 Å². The third-order valence-corrected chi connectivity index (χ3v) is 4.40. The van der Waals surface area contributed by atoms with Gasteiger partial charge in [-0.15, -0.1) is 0 Å². The predicted octanol–water partition coefficient (Wildman–Crippen LogP) is 3.06. The van der Waals surface area contributed by atoms with Gasteiger partial charge in [-0.3, -0.25) is 9.88 Å². The monoisotopic (exact) mass is 283 g/mol. The number of benzene rings is 1. The Hall–Kier alpha value is -1.45. The van der Waals surface area contributed by atoms with E-state index < -0.39 is 0 Å². The molecule has 0 spiro atoms. The zero-order chi connectivity index (χ0) is 14.5. The number of nitrogens with zero attached hydrogens (tertiary/aromatic N) is 2. The van der Waals surface area contributed by atoms with Gasteiger partial charge in [0.2, 0.25) is 0 Å². The van der Waals surface area contributed by atoms with Crippen molar-refractivity contribution in [3.63, 3.8) is 0 Å². The lowest BCUT2D eigenvalue weighted by molar-refractivity contribution is 0.208. The molecule has 112 valence electrons. The maximum absolute atomic E-state index is 4.80. The summed E-state index contributed by atoms with van der Waals surface area (Å²) < 4.78 is 0. The minimum absolute atomic E-state index is 0.791. The molecule has 1 aliphatic rings. The zero-order valence-electron chi connectivity index (χ0n) is 12.9. The highest BCUT2D eigenvalue weighted by Gasteiger charge is 2.16. The topological polar surface area (TPSA) is 28.2 Å². The second-order valence-electron chi connectivity index (χ2n) is 6.04. The highest BCUT2D eigenvalue weighted by Crippen LogP contribution is 2.15. The first-order valence-corrected chi connectivity index (χ1v) is 8.13. The predicted molar refractivity (Wildman–Crippen MR) is 88.3 cm³/mol. The maximum atomic E-state index is 4.80. The number of nitrogens with one attached hydrogen (secondary N) is 1. The largest absolute Gasteiger partial charge is 0.316 e. The van der Waals surface area contributed by atoms with E-state index in [1.54, 1.807) is 0 Å². The first kappa shape index (κ1) is 14.5. The molecule has 21 heavy (non-hydrogen) atoms. The van der Waals surface area contributed by atoms with E-state index in [0.29, 0.717) is 0 Å². The van der Waals surface area contributed by atoms with Gasteiger partial charge in [-0.1, -0.05) is 31.2 Å². The maximum Gasteiger partial charge on any atom is 0.0705 e. The number of pyridine rings is 1. The first-order chi connectivity index (χ1) is 10.3. The molecule has 1 fully saturated rings. The van der Waals surface area contributed by atoms with Crippen LogP contribution in [0.4, 0.5) is 0 Å². The van der Waals surface area contributed by atoms with Crippen LogP contribution in [0.25, 0.3) is 10.9 Å². The van der Waals surface area contributed by atoms with Gasteiger partial charge < -0.3 is 5.32 Å². The molecule has 0 saturated carbocycles. The molecule has 1 aliphatic heterocycles. The summed E-state index contributed by atoms with van der Waals surface area (Å²) in [5, 5.41) is 4.73. The Kier molecular flexibility index (Phi) is 4.84. The van der Waals surface area contributed by atoms with Gasteiger partial charge >= 0.3 is 0 Å². The van der Waals surface area contributed by atoms with Crippen LogP contribution in [0.1, 0.15) is 25.5 Å². The summed E-state index contributed by atoms with van der Waals surface area (Å²) in [6, 6.07) is 12.7. The van der Waals surface area contributed by atoms with Crippen LogP contribution in [-0.4, -0.2) is 36.1 Å². The van der Waals surface area contributed by atoms with E-state index in [2.05, 4.69) is 53.5 Å². The molecule has 2 heterocycles. The van der Waals surface area contributed by atoms with Gasteiger partial charge in [0.1, 0.15) is 0 Å². The third kappa shape index (κ3) is 3.80. The van der Waals surface area contributed by atoms with Crippen molar-refractivity contribution in [3.05, 3.63) is 42.1 Å². The van der Waals surface area contributed by atoms with Crippen molar-refractivity contribution in [3.8, 4) is 0 Å². The number of piperidine rings is 1. The minimum Gasteiger partial charge on any atom is -0.316 e. The summed E-state index contributed by atoms with van der Waals surface area (Å²) in [6.07, 6.45) is 2.67. The Labute approximate surface area is 127 Å². The summed E-state index contributed by atoms with van der Waals surface area (Å²) in [6.45, 7) is 7.83. The lowest BCUT2D eigenvalue weighted by atomic mass is 9.99. The van der Waals surface area contributed by atoms with Crippen molar-refractivity contribution in [2.24, 2.45) is 5.92 Å². The van der Waals surface area contributed by atoms with Gasteiger partial charge in [-0.05, 0) is 50.5 Å². The fraction of sp³-hybridized carbons (Fsp3) is 0.500. The van der Waals surface area contributed by atoms with Gasteiger partial charge in [-0.25, -0.2) is 0 Å². The Morgan fingerprint density at radius 2 is 2.14 bits per heavy atom. The lowest BCUT2D eigenvalue weighted by Crippen LogP contribution is -2.38. The van der Waals surface area contributed by atoms with Crippen molar-refractivity contribution in [2.75, 3.05) is 26.2 Å². The fourth-order valence-corrected chi connectivity index (χ4v) is 3.18. The van der Waals surface area contributed by atoms with E-state index in [-0.39, 0.29) is 0 Å². The van der Waals surface area contributed by atoms with Crippen molar-refractivity contribution >= 4 is 10.9 Å². The molecule has 0 amide bonds. The summed E-state index contributed by atoms with van der Waals surface area (Å²) in [7, 11) is 0. The molecule has 3 heteroatoms. The van der Waals surface area contributed by atoms with E-state index in [1.165, 1.54) is 43.6 Å². The van der Waals surface area contributed by atoms with Gasteiger partial charge in [-0.2, -0.15) is 0 Å². The van der Waals surface area contributed by atoms with Crippen LogP contribution in [0.2, 0.25) is 0 Å². The Morgan fingerprint density at radius 3 is 2.95 bits per heavy atom. The molecule has 3 rings (SSSR count). The highest BCUT2D eigenvalue weighted by atomic mass is 15.1. The minimum atomic E-state index is 0.791. The molecule has 1 saturated heterocycles. The van der Waals surface area contributed by atoms with Crippen LogP contribution in [0.3, 0.4) is 0 Å². The Bertz CT molecular complexity index is 575. The Balaban J connectivity index is 1.66. The number of hydrogen-bond donors (Lipinski definition) is 1. The van der Waals surface area contributed by atoms with Crippen molar-refractivity contribution in [2.45, 2.75) is 26.3 Å². The van der Waals surface area contributed by atoms with Crippen LogP contribution in [0, 0.1) is 5.92 Å². The van der Waals surface area contributed by atoms with Crippen LogP contribution < -0.4 is 5.32 Å². The second-order valence-corrected chi connectivity index (χ2v) is 6.04. The average molecular weight is 283 g/mol. The number of aromatic nitrogens is 1. The zero-order valence-corrected chi connectivity index (χ0v) is 12.9. The molecule has 1 N–H and O–H groups in total. The molecule has 0 radical (unpaired) electrons. The molecule has 1 aromatic heterocycles. The second kappa shape index (κ2) is 7.01. The quantitative estimate of drug-likeness (QED) is 0.914. The molecule has 1 unspecified atom stereocenters. The number of rotatable bonds is 5. The van der Waals surface area contributed by atoms with Crippen LogP contribution in [-0.2, 0) is 6.54 Å². The van der Waals surface area contributed by atoms with E-state index >= 15 is 0 Å². The molecule has 0 aliphatic carbocycles. The van der Waals surface area contributed by atoms with Gasteiger partial charge in [0.05, 0.1) is 11.2 Å². The number of fused-ring (bicyclic) bond motifs is 1. The summed E-state index contributed by atoms with van der Waals surface area (Å²) in [4.78, 5) is 7.32. The van der Waals surface area contributed by atoms with E-state index in [0.717, 1.165) is 24.5 Å². The summed E-state index contributed by atoms with van der Waals surface area (Å²) >= 11 is 0. The van der Waals surface area contributed by atoms with Crippen LogP contribution in [0.5, 0.6) is 0 Å². The van der Waals surface area contributed by atoms with Crippen molar-refractivity contribution in [1.82, 2.24) is 15.2 Å². The third-order valence-electron chi connectivity index (χ3n) is 4.40. The molecule has 0 bridgehead atoms. The van der Waals surface area contributed by atoms with Gasteiger partial charge in [0.25, 0.3) is 0 Å². The molecular formula is C18H25N3. The van der Waals surface area contributed by atoms with E-state index in [1.807, 2.05) is 0 Å². The van der Waals surface area contributed by atoms with Gasteiger partial charge in [0, 0.05) is 18.5 Å². The summed E-state index contributed by atoms with van der Waals surface area (Å²) in [5.74, 6) is 0.791. The highest BCUT2D eigenvalue weighted by molar-refractivity contribution is 5.78. The van der Waals surface area contributed by atoms with Crippen molar-refractivity contribution < 1.29 is 0 Å². The Morgan fingerprint density at radius 1 is 1.24 bits per heavy atom. The summed E-state index contributed by atoms with van der Waals surface area (Å²) in [5.41, 5.74) is 2.28. The number of para-hydroxylation sites is 1. The first-order valence-electron chi connectivity index (χ1n) is 8.13. The molecule has 1 aromatic carbocycles. The smallest absolute Gasteiger partial charge is 0.0705 e. The van der Waals surface area contributed by atoms with Crippen LogP contribution in [0.15, 0.2) is 36.4 Å². The van der Waals surface area contributed by atoms with Crippen LogP contribution >= 0.6 is 0 Å². The average Bonchev–Trinajstić information content (AvgIpc) is 2.55. The fourth-order valence-electron chi connectivity index (χ4n) is 3.18. The van der Waals surface area contributed by atoms with Gasteiger partial charge in [0.15, 0.2) is 0 Å². The number of hydrogen-bond acceptors (Lipinski definition) is 3. The molecular weight excluding hydrogens is 258 g/mol. The standard InChI is InChI=1S/C18H25N3/c1-2-21(13-15-6-5-11-19-12-15)14-17-10-9-16-7-3-4-8-18(16)20-17/h3-4,7-10,15,19H,2,5-6,11-14H2,1H3.